The first-order chi connectivity index (χ1) is 12.5. The number of ether oxygens (including phenoxy) is 2. The fraction of sp³-hybridized carbons (Fsp3) is 0.238. The maximum absolute atomic E-state index is 12.3. The van der Waals surface area contributed by atoms with Crippen LogP contribution in [0.15, 0.2) is 42.7 Å². The van der Waals surface area contributed by atoms with Crippen LogP contribution in [0.25, 0.3) is 12.2 Å². The first-order valence-corrected chi connectivity index (χ1v) is 8.21. The molecule has 0 aliphatic carbocycles. The summed E-state index contributed by atoms with van der Waals surface area (Å²) >= 11 is 0. The number of nitrogens with zero attached hydrogens (tertiary/aromatic N) is 1. The van der Waals surface area contributed by atoms with Gasteiger partial charge >= 0.3 is 5.97 Å². The first kappa shape index (κ1) is 19.2. The van der Waals surface area contributed by atoms with E-state index in [0.29, 0.717) is 29.7 Å². The Hall–Kier alpha value is -3.08. The molecule has 0 aliphatic heterocycles. The van der Waals surface area contributed by atoms with Crippen molar-refractivity contribution in [2.45, 2.75) is 19.8 Å². The van der Waals surface area contributed by atoms with Gasteiger partial charge in [-0.3, -0.25) is 4.98 Å². The number of aromatic hydroxyl groups is 1. The van der Waals surface area contributed by atoms with Gasteiger partial charge in [-0.1, -0.05) is 17.7 Å². The molecule has 1 aromatic heterocycles. The van der Waals surface area contributed by atoms with E-state index in [2.05, 4.69) is 11.6 Å². The van der Waals surface area contributed by atoms with E-state index in [1.165, 1.54) is 14.2 Å². The van der Waals surface area contributed by atoms with Crippen LogP contribution in [0.3, 0.4) is 0 Å². The highest BCUT2D eigenvalue weighted by atomic mass is 16.5. The summed E-state index contributed by atoms with van der Waals surface area (Å²) in [6.07, 6.45) is 8.13. The zero-order chi connectivity index (χ0) is 19.1. The zero-order valence-corrected chi connectivity index (χ0v) is 15.3. The molecule has 2 aromatic rings. The standard InChI is InChI=1S/C21H23NO4/c1-14(2)5-8-17-18(25-3)13-16(19(20(17)23)21(24)26-4)7-6-15-9-11-22-12-10-15/h6-7,9-13,23H,1,5,8H2,2-4H3. The highest BCUT2D eigenvalue weighted by Gasteiger charge is 2.22. The summed E-state index contributed by atoms with van der Waals surface area (Å²) in [4.78, 5) is 16.2. The maximum Gasteiger partial charge on any atom is 0.342 e. The molecular formula is C21H23NO4. The van der Waals surface area contributed by atoms with Gasteiger partial charge in [0.25, 0.3) is 0 Å². The topological polar surface area (TPSA) is 68.7 Å². The molecule has 0 saturated carbocycles. The summed E-state index contributed by atoms with van der Waals surface area (Å²) in [6, 6.07) is 5.41. The molecule has 0 aliphatic rings. The van der Waals surface area contributed by atoms with Crippen molar-refractivity contribution in [1.29, 1.82) is 0 Å². The smallest absolute Gasteiger partial charge is 0.342 e. The molecule has 26 heavy (non-hydrogen) atoms. The van der Waals surface area contributed by atoms with Gasteiger partial charge in [-0.2, -0.15) is 0 Å². The van der Waals surface area contributed by atoms with Crippen LogP contribution < -0.4 is 4.74 Å². The molecule has 1 aromatic carbocycles. The number of rotatable bonds is 7. The van der Waals surface area contributed by atoms with Crippen LogP contribution in [0.5, 0.6) is 11.5 Å². The lowest BCUT2D eigenvalue weighted by Gasteiger charge is -2.16. The number of benzene rings is 1. The highest BCUT2D eigenvalue weighted by Crippen LogP contribution is 2.37. The summed E-state index contributed by atoms with van der Waals surface area (Å²) in [5.74, 6) is -0.200. The van der Waals surface area contributed by atoms with Crippen LogP contribution in [0.2, 0.25) is 0 Å². The van der Waals surface area contributed by atoms with Gasteiger partial charge in [0.05, 0.1) is 14.2 Å². The molecular weight excluding hydrogens is 330 g/mol. The Kier molecular flexibility index (Phi) is 6.55. The van der Waals surface area contributed by atoms with Gasteiger partial charge in [-0.05, 0) is 49.1 Å². The molecule has 0 saturated heterocycles. The van der Waals surface area contributed by atoms with Gasteiger partial charge in [0.15, 0.2) is 0 Å². The predicted molar refractivity (Wildman–Crippen MR) is 102 cm³/mol. The molecule has 0 spiro atoms. The van der Waals surface area contributed by atoms with Crippen molar-refractivity contribution < 1.29 is 19.4 Å². The summed E-state index contributed by atoms with van der Waals surface area (Å²) in [5.41, 5.74) is 3.10. The SMILES string of the molecule is C=C(C)CCc1c(OC)cc(C=Cc2ccncc2)c(C(=O)OC)c1O. The molecule has 0 radical (unpaired) electrons. The Morgan fingerprint density at radius 1 is 1.27 bits per heavy atom. The van der Waals surface area contributed by atoms with Gasteiger partial charge in [-0.25, -0.2) is 4.79 Å². The van der Waals surface area contributed by atoms with E-state index in [1.807, 2.05) is 25.1 Å². The van der Waals surface area contributed by atoms with Crippen molar-refractivity contribution in [3.8, 4) is 11.5 Å². The minimum absolute atomic E-state index is 0.119. The van der Waals surface area contributed by atoms with Crippen molar-refractivity contribution in [1.82, 2.24) is 4.98 Å². The number of carbonyl (C=O) groups is 1. The number of carbonyl (C=O) groups excluding carboxylic acids is 1. The van der Waals surface area contributed by atoms with E-state index >= 15 is 0 Å². The summed E-state index contributed by atoms with van der Waals surface area (Å²) < 4.78 is 10.3. The molecule has 0 amide bonds. The van der Waals surface area contributed by atoms with Crippen LogP contribution in [-0.2, 0) is 11.2 Å². The zero-order valence-electron chi connectivity index (χ0n) is 15.3. The molecule has 5 nitrogen and oxygen atoms in total. The minimum Gasteiger partial charge on any atom is -0.507 e. The third-order valence-corrected chi connectivity index (χ3v) is 3.97. The Balaban J connectivity index is 2.55. The van der Waals surface area contributed by atoms with Crippen molar-refractivity contribution >= 4 is 18.1 Å². The Bertz CT molecular complexity index is 826. The third-order valence-electron chi connectivity index (χ3n) is 3.97. The van der Waals surface area contributed by atoms with E-state index in [1.54, 1.807) is 24.5 Å². The fourth-order valence-electron chi connectivity index (χ4n) is 2.58. The molecule has 0 bridgehead atoms. The van der Waals surface area contributed by atoms with Crippen LogP contribution in [0.4, 0.5) is 0 Å². The third kappa shape index (κ3) is 4.51. The lowest BCUT2D eigenvalue weighted by atomic mass is 9.96. The van der Waals surface area contributed by atoms with Crippen LogP contribution >= 0.6 is 0 Å². The lowest BCUT2D eigenvalue weighted by Crippen LogP contribution is -2.07. The van der Waals surface area contributed by atoms with Crippen molar-refractivity contribution in [3.05, 3.63) is 65.0 Å². The first-order valence-electron chi connectivity index (χ1n) is 8.21. The van der Waals surface area contributed by atoms with Gasteiger partial charge in [-0.15, -0.1) is 6.58 Å². The second-order valence-electron chi connectivity index (χ2n) is 5.93. The second kappa shape index (κ2) is 8.85. The monoisotopic (exact) mass is 353 g/mol. The number of phenols is 1. The number of pyridine rings is 1. The molecule has 5 heteroatoms. The Morgan fingerprint density at radius 2 is 1.96 bits per heavy atom. The number of esters is 1. The Morgan fingerprint density at radius 3 is 2.54 bits per heavy atom. The molecule has 0 unspecified atom stereocenters. The number of methoxy groups -OCH3 is 2. The van der Waals surface area contributed by atoms with E-state index in [4.69, 9.17) is 9.47 Å². The Labute approximate surface area is 153 Å². The number of hydrogen-bond donors (Lipinski definition) is 1. The summed E-state index contributed by atoms with van der Waals surface area (Å²) in [6.45, 7) is 5.79. The quantitative estimate of drug-likeness (QED) is 0.595. The van der Waals surface area contributed by atoms with E-state index in [0.717, 1.165) is 11.1 Å². The van der Waals surface area contributed by atoms with Gasteiger partial charge in [0, 0.05) is 18.0 Å². The average molecular weight is 353 g/mol. The van der Waals surface area contributed by atoms with Crippen molar-refractivity contribution in [2.75, 3.05) is 14.2 Å². The molecule has 0 fully saturated rings. The number of hydrogen-bond acceptors (Lipinski definition) is 5. The van der Waals surface area contributed by atoms with E-state index in [-0.39, 0.29) is 11.3 Å². The average Bonchev–Trinajstić information content (AvgIpc) is 2.65. The predicted octanol–water partition coefficient (Wildman–Crippen LogP) is 4.26. The van der Waals surface area contributed by atoms with Crippen LogP contribution in [0, 0.1) is 0 Å². The number of phenolic OH excluding ortho intramolecular Hbond substituents is 1. The molecule has 2 rings (SSSR count). The normalized spacial score (nSPS) is 10.7. The van der Waals surface area contributed by atoms with Crippen LogP contribution in [0.1, 0.15) is 40.4 Å². The van der Waals surface area contributed by atoms with Crippen molar-refractivity contribution in [2.24, 2.45) is 0 Å². The molecule has 136 valence electrons. The lowest BCUT2D eigenvalue weighted by molar-refractivity contribution is 0.0597. The largest absolute Gasteiger partial charge is 0.507 e. The second-order valence-corrected chi connectivity index (χ2v) is 5.93. The number of allylic oxidation sites excluding steroid dienone is 1. The molecule has 0 atom stereocenters. The number of aromatic nitrogens is 1. The fourth-order valence-corrected chi connectivity index (χ4v) is 2.58. The van der Waals surface area contributed by atoms with Gasteiger partial charge < -0.3 is 14.6 Å². The molecule has 1 heterocycles. The van der Waals surface area contributed by atoms with Crippen LogP contribution in [-0.4, -0.2) is 30.3 Å². The maximum atomic E-state index is 12.3. The highest BCUT2D eigenvalue weighted by molar-refractivity contribution is 5.98. The molecule has 1 N–H and O–H groups in total. The summed E-state index contributed by atoms with van der Waals surface area (Å²) in [7, 11) is 2.82. The van der Waals surface area contributed by atoms with E-state index in [9.17, 15) is 9.90 Å². The van der Waals surface area contributed by atoms with Gasteiger partial charge in [0.1, 0.15) is 17.1 Å². The van der Waals surface area contributed by atoms with Crippen molar-refractivity contribution in [3.63, 3.8) is 0 Å². The van der Waals surface area contributed by atoms with Gasteiger partial charge in [0.2, 0.25) is 0 Å². The van der Waals surface area contributed by atoms with E-state index < -0.39 is 5.97 Å². The minimum atomic E-state index is -0.601. The summed E-state index contributed by atoms with van der Waals surface area (Å²) in [5, 5.41) is 10.7.